The Hall–Kier alpha value is -1.20. The van der Waals surface area contributed by atoms with Gasteiger partial charge in [-0.3, -0.25) is 4.68 Å². The maximum absolute atomic E-state index is 4.16. The Morgan fingerprint density at radius 2 is 2.19 bits per heavy atom. The summed E-state index contributed by atoms with van der Waals surface area (Å²) < 4.78 is 1.79. The Morgan fingerprint density at radius 1 is 1.38 bits per heavy atom. The second-order valence-electron chi connectivity index (χ2n) is 3.86. The molecule has 1 N–H and O–H groups in total. The molecule has 0 unspecified atom stereocenters. The number of hydrogen-bond donors (Lipinski definition) is 1. The minimum Gasteiger partial charge on any atom is -0.305 e. The molecule has 2 heterocycles. The first kappa shape index (κ1) is 11.3. The van der Waals surface area contributed by atoms with Crippen LogP contribution in [0.1, 0.15) is 21.1 Å². The molecule has 0 saturated carbocycles. The molecule has 5 heteroatoms. The molecule has 0 fully saturated rings. The summed E-state index contributed by atoms with van der Waals surface area (Å²) in [6.45, 7) is 5.96. The molecule has 0 atom stereocenters. The highest BCUT2D eigenvalue weighted by atomic mass is 32.1. The van der Waals surface area contributed by atoms with E-state index in [1.807, 2.05) is 18.4 Å². The molecule has 0 aliphatic carbocycles. The van der Waals surface area contributed by atoms with Crippen LogP contribution in [0.5, 0.6) is 0 Å². The third-order valence-corrected chi connectivity index (χ3v) is 3.76. The molecule has 0 saturated heterocycles. The van der Waals surface area contributed by atoms with Crippen LogP contribution in [0, 0.1) is 13.8 Å². The van der Waals surface area contributed by atoms with E-state index in [0.717, 1.165) is 18.9 Å². The number of nitrogens with zero attached hydrogens (tertiary/aromatic N) is 3. The molecule has 0 aromatic carbocycles. The molecule has 2 rings (SSSR count). The van der Waals surface area contributed by atoms with Gasteiger partial charge in [0.15, 0.2) is 0 Å². The summed E-state index contributed by atoms with van der Waals surface area (Å²) in [7, 11) is 1.91. The van der Waals surface area contributed by atoms with E-state index in [2.05, 4.69) is 35.3 Å². The lowest BCUT2D eigenvalue weighted by Crippen LogP contribution is -2.15. The predicted molar refractivity (Wildman–Crippen MR) is 65.3 cm³/mol. The number of aryl methyl sites for hydroxylation is 3. The van der Waals surface area contributed by atoms with Crippen LogP contribution >= 0.6 is 11.3 Å². The standard InChI is InChI=1S/C11H16N4S/c1-8-4-10(16-9(8)2)5-12-6-11-13-7-14-15(11)3/h4,7,12H,5-6H2,1-3H3. The van der Waals surface area contributed by atoms with Gasteiger partial charge in [0.2, 0.25) is 0 Å². The maximum Gasteiger partial charge on any atom is 0.140 e. The highest BCUT2D eigenvalue weighted by molar-refractivity contribution is 7.12. The first-order chi connectivity index (χ1) is 7.66. The predicted octanol–water partition coefficient (Wildman–Crippen LogP) is 1.78. The van der Waals surface area contributed by atoms with Gasteiger partial charge in [-0.15, -0.1) is 11.3 Å². The zero-order valence-corrected chi connectivity index (χ0v) is 10.6. The Labute approximate surface area is 99.3 Å². The third kappa shape index (κ3) is 2.48. The zero-order chi connectivity index (χ0) is 11.5. The smallest absolute Gasteiger partial charge is 0.140 e. The van der Waals surface area contributed by atoms with E-state index in [9.17, 15) is 0 Å². The van der Waals surface area contributed by atoms with Crippen LogP contribution in [0.25, 0.3) is 0 Å². The highest BCUT2D eigenvalue weighted by Gasteiger charge is 2.03. The van der Waals surface area contributed by atoms with Crippen LogP contribution in [0.2, 0.25) is 0 Å². The van der Waals surface area contributed by atoms with Crippen LogP contribution in [0.3, 0.4) is 0 Å². The van der Waals surface area contributed by atoms with Crippen molar-refractivity contribution in [3.8, 4) is 0 Å². The Bertz CT molecular complexity index is 453. The van der Waals surface area contributed by atoms with Gasteiger partial charge in [0.05, 0.1) is 6.54 Å². The highest BCUT2D eigenvalue weighted by Crippen LogP contribution is 2.20. The second kappa shape index (κ2) is 4.76. The number of thiophene rings is 1. The van der Waals surface area contributed by atoms with Gasteiger partial charge in [0, 0.05) is 23.3 Å². The molecule has 4 nitrogen and oxygen atoms in total. The number of hydrogen-bond acceptors (Lipinski definition) is 4. The van der Waals surface area contributed by atoms with Gasteiger partial charge in [0.25, 0.3) is 0 Å². The van der Waals surface area contributed by atoms with Crippen molar-refractivity contribution in [2.45, 2.75) is 26.9 Å². The average molecular weight is 236 g/mol. The molecule has 0 spiro atoms. The van der Waals surface area contributed by atoms with E-state index >= 15 is 0 Å². The van der Waals surface area contributed by atoms with Crippen molar-refractivity contribution in [1.82, 2.24) is 20.1 Å². The fourth-order valence-electron chi connectivity index (χ4n) is 1.51. The summed E-state index contributed by atoms with van der Waals surface area (Å²) in [6, 6.07) is 2.24. The van der Waals surface area contributed by atoms with Crippen molar-refractivity contribution in [1.29, 1.82) is 0 Å². The van der Waals surface area contributed by atoms with E-state index in [1.54, 1.807) is 11.0 Å². The summed E-state index contributed by atoms with van der Waals surface area (Å²) in [6.07, 6.45) is 1.58. The molecule has 16 heavy (non-hydrogen) atoms. The van der Waals surface area contributed by atoms with E-state index in [0.29, 0.717) is 0 Å². The fraction of sp³-hybridized carbons (Fsp3) is 0.455. The van der Waals surface area contributed by atoms with Crippen molar-refractivity contribution in [3.05, 3.63) is 33.5 Å². The first-order valence-corrected chi connectivity index (χ1v) is 6.08. The van der Waals surface area contributed by atoms with Crippen molar-refractivity contribution in [2.24, 2.45) is 7.05 Å². The van der Waals surface area contributed by atoms with Crippen molar-refractivity contribution < 1.29 is 0 Å². The van der Waals surface area contributed by atoms with E-state index < -0.39 is 0 Å². The maximum atomic E-state index is 4.16. The Balaban J connectivity index is 1.87. The normalized spacial score (nSPS) is 10.9. The molecule has 0 bridgehead atoms. The first-order valence-electron chi connectivity index (χ1n) is 5.26. The van der Waals surface area contributed by atoms with Gasteiger partial charge in [-0.2, -0.15) is 5.10 Å². The van der Waals surface area contributed by atoms with Crippen LogP contribution in [-0.2, 0) is 20.1 Å². The quantitative estimate of drug-likeness (QED) is 0.880. The molecular formula is C11H16N4S. The lowest BCUT2D eigenvalue weighted by Gasteiger charge is -2.01. The van der Waals surface area contributed by atoms with Crippen LogP contribution in [0.4, 0.5) is 0 Å². The van der Waals surface area contributed by atoms with Gasteiger partial charge in [-0.1, -0.05) is 0 Å². The molecule has 86 valence electrons. The molecule has 0 radical (unpaired) electrons. The molecule has 0 aliphatic heterocycles. The average Bonchev–Trinajstić information content (AvgIpc) is 2.76. The van der Waals surface area contributed by atoms with E-state index in [4.69, 9.17) is 0 Å². The summed E-state index contributed by atoms with van der Waals surface area (Å²) in [5, 5.41) is 7.40. The van der Waals surface area contributed by atoms with Gasteiger partial charge in [-0.25, -0.2) is 4.98 Å². The third-order valence-electron chi connectivity index (χ3n) is 2.60. The zero-order valence-electron chi connectivity index (χ0n) is 9.82. The minimum atomic E-state index is 0.756. The fourth-order valence-corrected chi connectivity index (χ4v) is 2.54. The minimum absolute atomic E-state index is 0.756. The largest absolute Gasteiger partial charge is 0.305 e. The van der Waals surface area contributed by atoms with Gasteiger partial charge >= 0.3 is 0 Å². The van der Waals surface area contributed by atoms with Crippen LogP contribution in [0.15, 0.2) is 12.4 Å². The Morgan fingerprint density at radius 3 is 2.75 bits per heavy atom. The molecule has 2 aromatic rings. The summed E-state index contributed by atoms with van der Waals surface area (Å²) in [4.78, 5) is 6.93. The summed E-state index contributed by atoms with van der Waals surface area (Å²) >= 11 is 1.85. The summed E-state index contributed by atoms with van der Waals surface area (Å²) in [5.41, 5.74) is 1.38. The van der Waals surface area contributed by atoms with Crippen molar-refractivity contribution >= 4 is 11.3 Å². The molecular weight excluding hydrogens is 220 g/mol. The topological polar surface area (TPSA) is 42.7 Å². The van der Waals surface area contributed by atoms with Crippen molar-refractivity contribution in [2.75, 3.05) is 0 Å². The van der Waals surface area contributed by atoms with E-state index in [-0.39, 0.29) is 0 Å². The van der Waals surface area contributed by atoms with Crippen molar-refractivity contribution in [3.63, 3.8) is 0 Å². The SMILES string of the molecule is Cc1cc(CNCc2ncnn2C)sc1C. The second-order valence-corrected chi connectivity index (χ2v) is 5.20. The van der Waals surface area contributed by atoms with Crippen LogP contribution < -0.4 is 5.32 Å². The van der Waals surface area contributed by atoms with Gasteiger partial charge in [0.1, 0.15) is 12.2 Å². The molecule has 0 aliphatic rings. The Kier molecular flexibility index (Phi) is 3.36. The molecule has 2 aromatic heterocycles. The molecule has 0 amide bonds. The number of rotatable bonds is 4. The summed E-state index contributed by atoms with van der Waals surface area (Å²) in [5.74, 6) is 0.963. The number of aromatic nitrogens is 3. The number of nitrogens with one attached hydrogen (secondary N) is 1. The monoisotopic (exact) mass is 236 g/mol. The van der Waals surface area contributed by atoms with E-state index in [1.165, 1.54) is 15.3 Å². The van der Waals surface area contributed by atoms with Crippen LogP contribution in [-0.4, -0.2) is 14.8 Å². The van der Waals surface area contributed by atoms with Gasteiger partial charge in [-0.05, 0) is 25.5 Å². The van der Waals surface area contributed by atoms with Gasteiger partial charge < -0.3 is 5.32 Å². The lowest BCUT2D eigenvalue weighted by atomic mass is 10.3. The lowest BCUT2D eigenvalue weighted by molar-refractivity contribution is 0.617.